The first-order valence-electron chi connectivity index (χ1n) is 7.64. The van der Waals surface area contributed by atoms with Crippen molar-refractivity contribution >= 4 is 5.91 Å². The molecule has 0 fully saturated rings. The highest BCUT2D eigenvalue weighted by molar-refractivity contribution is 5.78. The fourth-order valence-corrected chi connectivity index (χ4v) is 2.30. The summed E-state index contributed by atoms with van der Waals surface area (Å²) < 4.78 is 5.48. The molecule has 0 aromatic heterocycles. The molecule has 1 atom stereocenters. The van der Waals surface area contributed by atoms with Crippen molar-refractivity contribution in [1.82, 2.24) is 5.32 Å². The first-order chi connectivity index (χ1) is 10.6. The molecule has 1 N–H and O–H groups in total. The normalized spacial score (nSPS) is 11.8. The fraction of sp³-hybridized carbons (Fsp3) is 0.316. The van der Waals surface area contributed by atoms with Gasteiger partial charge in [0, 0.05) is 0 Å². The minimum Gasteiger partial charge on any atom is -0.484 e. The van der Waals surface area contributed by atoms with Gasteiger partial charge in [-0.25, -0.2) is 0 Å². The van der Waals surface area contributed by atoms with Crippen LogP contribution in [-0.2, 0) is 4.79 Å². The average molecular weight is 297 g/mol. The van der Waals surface area contributed by atoms with Gasteiger partial charge in [-0.3, -0.25) is 4.79 Å². The lowest BCUT2D eigenvalue weighted by Crippen LogP contribution is -2.32. The first-order valence-corrected chi connectivity index (χ1v) is 7.64. The summed E-state index contributed by atoms with van der Waals surface area (Å²) in [5.74, 6) is 0.603. The van der Waals surface area contributed by atoms with E-state index in [-0.39, 0.29) is 18.6 Å². The number of rotatable bonds is 6. The molecular formula is C19H23NO2. The molecule has 0 aliphatic carbocycles. The Morgan fingerprint density at radius 3 is 2.45 bits per heavy atom. The number of amides is 1. The third-order valence-corrected chi connectivity index (χ3v) is 3.79. The largest absolute Gasteiger partial charge is 0.484 e. The topological polar surface area (TPSA) is 38.3 Å². The molecule has 0 saturated carbocycles. The van der Waals surface area contributed by atoms with Gasteiger partial charge in [0.05, 0.1) is 6.04 Å². The highest BCUT2D eigenvalue weighted by atomic mass is 16.5. The smallest absolute Gasteiger partial charge is 0.258 e. The predicted molar refractivity (Wildman–Crippen MR) is 89.0 cm³/mol. The molecule has 22 heavy (non-hydrogen) atoms. The maximum absolute atomic E-state index is 12.1. The summed E-state index contributed by atoms with van der Waals surface area (Å²) in [7, 11) is 0. The van der Waals surface area contributed by atoms with Crippen LogP contribution in [0.4, 0.5) is 0 Å². The molecule has 1 amide bonds. The SMILES string of the molecule is CC[C@H](NC(=O)COc1ccccc1)c1ccc(C)c(C)c1. The molecule has 0 aliphatic rings. The van der Waals surface area contributed by atoms with Gasteiger partial charge in [0.1, 0.15) is 5.75 Å². The maximum atomic E-state index is 12.1. The summed E-state index contributed by atoms with van der Waals surface area (Å²) in [6, 6.07) is 15.7. The Bertz CT molecular complexity index is 623. The molecule has 2 aromatic rings. The quantitative estimate of drug-likeness (QED) is 0.876. The molecule has 0 radical (unpaired) electrons. The Balaban J connectivity index is 1.94. The van der Waals surface area contributed by atoms with Crippen molar-refractivity contribution in [1.29, 1.82) is 0 Å². The van der Waals surface area contributed by atoms with Gasteiger partial charge < -0.3 is 10.1 Å². The van der Waals surface area contributed by atoms with Crippen LogP contribution in [-0.4, -0.2) is 12.5 Å². The van der Waals surface area contributed by atoms with Gasteiger partial charge >= 0.3 is 0 Å². The van der Waals surface area contributed by atoms with Crippen LogP contribution in [0.2, 0.25) is 0 Å². The molecule has 3 heteroatoms. The van der Waals surface area contributed by atoms with Crippen LogP contribution in [0, 0.1) is 13.8 Å². The van der Waals surface area contributed by atoms with Crippen molar-refractivity contribution in [2.24, 2.45) is 0 Å². The lowest BCUT2D eigenvalue weighted by atomic mass is 9.99. The van der Waals surface area contributed by atoms with Gasteiger partial charge in [-0.2, -0.15) is 0 Å². The molecule has 116 valence electrons. The summed E-state index contributed by atoms with van der Waals surface area (Å²) in [6.45, 7) is 6.28. The Kier molecular flexibility index (Phi) is 5.59. The van der Waals surface area contributed by atoms with Crippen LogP contribution in [0.5, 0.6) is 5.75 Å². The van der Waals surface area contributed by atoms with E-state index in [1.165, 1.54) is 11.1 Å². The zero-order valence-corrected chi connectivity index (χ0v) is 13.4. The Morgan fingerprint density at radius 1 is 1.09 bits per heavy atom. The van der Waals surface area contributed by atoms with E-state index < -0.39 is 0 Å². The molecule has 0 aliphatic heterocycles. The van der Waals surface area contributed by atoms with Crippen LogP contribution in [0.3, 0.4) is 0 Å². The monoisotopic (exact) mass is 297 g/mol. The predicted octanol–water partition coefficient (Wildman–Crippen LogP) is 3.95. The number of aryl methyl sites for hydroxylation is 2. The van der Waals surface area contributed by atoms with E-state index in [1.54, 1.807) is 0 Å². The lowest BCUT2D eigenvalue weighted by Gasteiger charge is -2.18. The van der Waals surface area contributed by atoms with E-state index >= 15 is 0 Å². The Labute approximate surface area is 132 Å². The molecule has 0 spiro atoms. The van der Waals surface area contributed by atoms with Crippen LogP contribution in [0.1, 0.15) is 36.1 Å². The highest BCUT2D eigenvalue weighted by Crippen LogP contribution is 2.19. The molecule has 2 aromatic carbocycles. The number of carbonyl (C=O) groups is 1. The fourth-order valence-electron chi connectivity index (χ4n) is 2.30. The molecule has 0 saturated heterocycles. The van der Waals surface area contributed by atoms with E-state index in [1.807, 2.05) is 30.3 Å². The van der Waals surface area contributed by atoms with Crippen molar-refractivity contribution in [3.8, 4) is 5.75 Å². The van der Waals surface area contributed by atoms with Crippen LogP contribution in [0.15, 0.2) is 48.5 Å². The second kappa shape index (κ2) is 7.64. The summed E-state index contributed by atoms with van der Waals surface area (Å²) in [5, 5.41) is 3.04. The highest BCUT2D eigenvalue weighted by Gasteiger charge is 2.13. The third kappa shape index (κ3) is 4.35. The zero-order valence-electron chi connectivity index (χ0n) is 13.4. The number of para-hydroxylation sites is 1. The van der Waals surface area contributed by atoms with Crippen molar-refractivity contribution in [3.05, 3.63) is 65.2 Å². The van der Waals surface area contributed by atoms with Crippen molar-refractivity contribution in [3.63, 3.8) is 0 Å². The minimum absolute atomic E-state index is 0.0196. The number of ether oxygens (including phenoxy) is 1. The van der Waals surface area contributed by atoms with E-state index in [9.17, 15) is 4.79 Å². The molecule has 0 heterocycles. The van der Waals surface area contributed by atoms with Crippen LogP contribution in [0.25, 0.3) is 0 Å². The van der Waals surface area contributed by atoms with E-state index in [0.717, 1.165) is 12.0 Å². The first kappa shape index (κ1) is 16.1. The molecular weight excluding hydrogens is 274 g/mol. The average Bonchev–Trinajstić information content (AvgIpc) is 2.54. The summed E-state index contributed by atoms with van der Waals surface area (Å²) in [6.07, 6.45) is 0.847. The summed E-state index contributed by atoms with van der Waals surface area (Å²) in [4.78, 5) is 12.1. The number of carbonyl (C=O) groups excluding carboxylic acids is 1. The standard InChI is InChI=1S/C19H23NO2/c1-4-18(16-11-10-14(2)15(3)12-16)20-19(21)13-22-17-8-6-5-7-9-17/h5-12,18H,4,13H2,1-3H3,(H,20,21)/t18-/m0/s1. The molecule has 0 unspecified atom stereocenters. The minimum atomic E-state index is -0.103. The molecule has 2 rings (SSSR count). The van der Waals surface area contributed by atoms with E-state index in [0.29, 0.717) is 5.75 Å². The van der Waals surface area contributed by atoms with Gasteiger partial charge in [-0.1, -0.05) is 43.3 Å². The number of hydrogen-bond donors (Lipinski definition) is 1. The Hall–Kier alpha value is -2.29. The van der Waals surface area contributed by atoms with Crippen LogP contribution < -0.4 is 10.1 Å². The second-order valence-electron chi connectivity index (χ2n) is 5.47. The second-order valence-corrected chi connectivity index (χ2v) is 5.47. The lowest BCUT2D eigenvalue weighted by molar-refractivity contribution is -0.123. The van der Waals surface area contributed by atoms with Crippen LogP contribution >= 0.6 is 0 Å². The van der Waals surface area contributed by atoms with Crippen molar-refractivity contribution in [2.75, 3.05) is 6.61 Å². The third-order valence-electron chi connectivity index (χ3n) is 3.79. The number of benzene rings is 2. The van der Waals surface area contributed by atoms with Gasteiger partial charge in [0.2, 0.25) is 0 Å². The number of hydrogen-bond acceptors (Lipinski definition) is 2. The summed E-state index contributed by atoms with van der Waals surface area (Å²) >= 11 is 0. The summed E-state index contributed by atoms with van der Waals surface area (Å²) in [5.41, 5.74) is 3.64. The van der Waals surface area contributed by atoms with Crippen molar-refractivity contribution < 1.29 is 9.53 Å². The van der Waals surface area contributed by atoms with Gasteiger partial charge in [-0.15, -0.1) is 0 Å². The van der Waals surface area contributed by atoms with Gasteiger partial charge in [-0.05, 0) is 49.1 Å². The van der Waals surface area contributed by atoms with Gasteiger partial charge in [0.25, 0.3) is 5.91 Å². The maximum Gasteiger partial charge on any atom is 0.258 e. The zero-order chi connectivity index (χ0) is 15.9. The van der Waals surface area contributed by atoms with E-state index in [2.05, 4.69) is 44.3 Å². The number of nitrogens with one attached hydrogen (secondary N) is 1. The van der Waals surface area contributed by atoms with Gasteiger partial charge in [0.15, 0.2) is 6.61 Å². The molecule has 3 nitrogen and oxygen atoms in total. The Morgan fingerprint density at radius 2 is 1.82 bits per heavy atom. The molecule has 0 bridgehead atoms. The van der Waals surface area contributed by atoms with E-state index in [4.69, 9.17) is 4.74 Å². The van der Waals surface area contributed by atoms with Crippen molar-refractivity contribution in [2.45, 2.75) is 33.2 Å².